The van der Waals surface area contributed by atoms with Crippen LogP contribution in [0, 0.1) is 18.6 Å². The van der Waals surface area contributed by atoms with E-state index in [4.69, 9.17) is 34.8 Å². The second kappa shape index (κ2) is 4.01. The molecule has 0 N–H and O–H groups in total. The molecule has 1 aromatic rings. The Hall–Kier alpha value is -0.380. The molecule has 0 aliphatic carbocycles. The van der Waals surface area contributed by atoms with Crippen LogP contribution >= 0.6 is 34.8 Å². The zero-order chi connectivity index (χ0) is 11.0. The number of hydrogen-bond donors (Lipinski definition) is 0. The molecule has 0 aromatic heterocycles. The summed E-state index contributed by atoms with van der Waals surface area (Å²) in [6, 6.07) is 0. The van der Waals surface area contributed by atoms with Gasteiger partial charge in [-0.3, -0.25) is 4.79 Å². The van der Waals surface area contributed by atoms with Crippen molar-refractivity contribution in [1.82, 2.24) is 0 Å². The number of hydrogen-bond acceptors (Lipinski definition) is 1. The van der Waals surface area contributed by atoms with Crippen LogP contribution in [0.3, 0.4) is 0 Å². The molecule has 0 heterocycles. The monoisotopic (exact) mass is 258 g/mol. The van der Waals surface area contributed by atoms with Crippen molar-refractivity contribution in [3.8, 4) is 0 Å². The van der Waals surface area contributed by atoms with Gasteiger partial charge in [0, 0.05) is 5.56 Å². The lowest BCUT2D eigenvalue weighted by Crippen LogP contribution is -2.01. The highest BCUT2D eigenvalue weighted by Gasteiger charge is 2.23. The quantitative estimate of drug-likeness (QED) is 0.551. The van der Waals surface area contributed by atoms with Crippen LogP contribution in [0.5, 0.6) is 0 Å². The largest absolute Gasteiger partial charge is 0.275 e. The van der Waals surface area contributed by atoms with Gasteiger partial charge in [0.15, 0.2) is 0 Å². The van der Waals surface area contributed by atoms with E-state index < -0.39 is 32.5 Å². The molecule has 0 radical (unpaired) electrons. The molecule has 1 aromatic carbocycles. The molecular formula is C8H3Cl3F2O. The van der Waals surface area contributed by atoms with E-state index >= 15 is 0 Å². The fourth-order valence-corrected chi connectivity index (χ4v) is 1.89. The molecule has 0 spiro atoms. The summed E-state index contributed by atoms with van der Waals surface area (Å²) >= 11 is 15.9. The summed E-state index contributed by atoms with van der Waals surface area (Å²) in [5.41, 5.74) is -0.891. The topological polar surface area (TPSA) is 17.1 Å². The molecule has 14 heavy (non-hydrogen) atoms. The van der Waals surface area contributed by atoms with E-state index in [0.717, 1.165) is 6.92 Å². The van der Waals surface area contributed by atoms with Crippen molar-refractivity contribution in [3.63, 3.8) is 0 Å². The summed E-state index contributed by atoms with van der Waals surface area (Å²) in [5, 5.41) is -2.22. The van der Waals surface area contributed by atoms with Gasteiger partial charge < -0.3 is 0 Å². The van der Waals surface area contributed by atoms with Crippen LogP contribution in [0.25, 0.3) is 0 Å². The molecule has 1 nitrogen and oxygen atoms in total. The predicted molar refractivity (Wildman–Crippen MR) is 51.3 cm³/mol. The molecule has 0 saturated carbocycles. The molecule has 1 rings (SSSR count). The van der Waals surface area contributed by atoms with Gasteiger partial charge in [-0.05, 0) is 18.5 Å². The first-order valence-corrected chi connectivity index (χ1v) is 4.53. The minimum absolute atomic E-state index is 0.346. The lowest BCUT2D eigenvalue weighted by Gasteiger charge is -2.07. The van der Waals surface area contributed by atoms with E-state index in [1.807, 2.05) is 0 Å². The van der Waals surface area contributed by atoms with Crippen LogP contribution in [-0.2, 0) is 0 Å². The summed E-state index contributed by atoms with van der Waals surface area (Å²) in [5.74, 6) is -2.06. The first-order chi connectivity index (χ1) is 6.37. The highest BCUT2D eigenvalue weighted by atomic mass is 35.5. The lowest BCUT2D eigenvalue weighted by molar-refractivity contribution is 0.108. The Labute approximate surface area is 93.6 Å². The molecule has 0 amide bonds. The molecule has 6 heteroatoms. The summed E-state index contributed by atoms with van der Waals surface area (Å²) in [6.07, 6.45) is 0. The molecular weight excluding hydrogens is 256 g/mol. The molecule has 0 aliphatic rings. The van der Waals surface area contributed by atoms with Crippen LogP contribution in [0.1, 0.15) is 15.9 Å². The van der Waals surface area contributed by atoms with Crippen LogP contribution in [0.4, 0.5) is 8.78 Å². The fourth-order valence-electron chi connectivity index (χ4n) is 0.914. The van der Waals surface area contributed by atoms with Crippen molar-refractivity contribution in [3.05, 3.63) is 32.8 Å². The Morgan fingerprint density at radius 2 is 1.50 bits per heavy atom. The third-order valence-corrected chi connectivity index (χ3v) is 2.58. The Morgan fingerprint density at radius 1 is 1.14 bits per heavy atom. The molecule has 0 saturated heterocycles. The lowest BCUT2D eigenvalue weighted by atomic mass is 10.1. The summed E-state index contributed by atoms with van der Waals surface area (Å²) in [7, 11) is 0. The van der Waals surface area contributed by atoms with Crippen molar-refractivity contribution >= 4 is 40.0 Å². The van der Waals surface area contributed by atoms with Gasteiger partial charge in [0.2, 0.25) is 0 Å². The summed E-state index contributed by atoms with van der Waals surface area (Å²) in [6.45, 7) is 1.16. The average Bonchev–Trinajstić information content (AvgIpc) is 2.11. The predicted octanol–water partition coefficient (Wildman–Crippen LogP) is 3.96. The van der Waals surface area contributed by atoms with E-state index in [9.17, 15) is 13.6 Å². The van der Waals surface area contributed by atoms with Crippen molar-refractivity contribution in [2.45, 2.75) is 6.92 Å². The smallest absolute Gasteiger partial charge is 0.255 e. The average molecular weight is 259 g/mol. The second-order valence-corrected chi connectivity index (χ2v) is 3.63. The van der Waals surface area contributed by atoms with Crippen molar-refractivity contribution in [2.24, 2.45) is 0 Å². The van der Waals surface area contributed by atoms with E-state index in [-0.39, 0.29) is 5.56 Å². The molecule has 76 valence electrons. The highest BCUT2D eigenvalue weighted by molar-refractivity contribution is 6.70. The first-order valence-electron chi connectivity index (χ1n) is 3.40. The maximum Gasteiger partial charge on any atom is 0.255 e. The van der Waals surface area contributed by atoms with Gasteiger partial charge in [0.1, 0.15) is 11.6 Å². The zero-order valence-corrected chi connectivity index (χ0v) is 9.07. The Balaban J connectivity index is 3.68. The third kappa shape index (κ3) is 1.72. The van der Waals surface area contributed by atoms with Gasteiger partial charge >= 0.3 is 0 Å². The van der Waals surface area contributed by atoms with Crippen LogP contribution in [0.2, 0.25) is 10.0 Å². The van der Waals surface area contributed by atoms with Gasteiger partial charge in [0.05, 0.1) is 15.6 Å². The van der Waals surface area contributed by atoms with Crippen LogP contribution in [-0.4, -0.2) is 5.24 Å². The number of halogens is 5. The minimum atomic E-state index is -1.10. The maximum atomic E-state index is 13.2. The molecule has 0 bridgehead atoms. The fraction of sp³-hybridized carbons (Fsp3) is 0.125. The highest BCUT2D eigenvalue weighted by Crippen LogP contribution is 2.33. The SMILES string of the molecule is Cc1c(F)c(Cl)c(C(=O)Cl)c(Cl)c1F. The van der Waals surface area contributed by atoms with Crippen molar-refractivity contribution in [2.75, 3.05) is 0 Å². The summed E-state index contributed by atoms with van der Waals surface area (Å²) < 4.78 is 26.3. The Bertz CT molecular complexity index is 389. The van der Waals surface area contributed by atoms with Crippen LogP contribution < -0.4 is 0 Å². The maximum absolute atomic E-state index is 13.2. The first kappa shape index (κ1) is 11.7. The molecule has 0 atom stereocenters. The van der Waals surface area contributed by atoms with E-state index in [1.165, 1.54) is 0 Å². The van der Waals surface area contributed by atoms with Gasteiger partial charge in [-0.1, -0.05) is 23.2 Å². The van der Waals surface area contributed by atoms with E-state index in [1.54, 1.807) is 0 Å². The Morgan fingerprint density at radius 3 is 1.79 bits per heavy atom. The van der Waals surface area contributed by atoms with Crippen molar-refractivity contribution < 1.29 is 13.6 Å². The normalized spacial score (nSPS) is 10.4. The third-order valence-electron chi connectivity index (χ3n) is 1.68. The standard InChI is InChI=1S/C8H3Cl3F2O/c1-2-6(12)4(9)3(8(11)14)5(10)7(2)13/h1H3. The minimum Gasteiger partial charge on any atom is -0.275 e. The van der Waals surface area contributed by atoms with Crippen LogP contribution in [0.15, 0.2) is 0 Å². The number of carbonyl (C=O) groups is 1. The van der Waals surface area contributed by atoms with E-state index in [0.29, 0.717) is 0 Å². The number of carbonyl (C=O) groups excluding carboxylic acids is 1. The van der Waals surface area contributed by atoms with Crippen molar-refractivity contribution in [1.29, 1.82) is 0 Å². The Kier molecular flexibility index (Phi) is 3.35. The molecule has 0 aliphatic heterocycles. The summed E-state index contributed by atoms with van der Waals surface area (Å²) in [4.78, 5) is 10.8. The van der Waals surface area contributed by atoms with Gasteiger partial charge in [-0.15, -0.1) is 0 Å². The van der Waals surface area contributed by atoms with Gasteiger partial charge in [-0.25, -0.2) is 8.78 Å². The number of rotatable bonds is 1. The molecule has 0 fully saturated rings. The second-order valence-electron chi connectivity index (χ2n) is 2.53. The molecule has 0 unspecified atom stereocenters. The van der Waals surface area contributed by atoms with Gasteiger partial charge in [-0.2, -0.15) is 0 Å². The zero-order valence-electron chi connectivity index (χ0n) is 6.80. The van der Waals surface area contributed by atoms with E-state index in [2.05, 4.69) is 0 Å². The number of benzene rings is 1. The van der Waals surface area contributed by atoms with Gasteiger partial charge in [0.25, 0.3) is 5.24 Å².